The summed E-state index contributed by atoms with van der Waals surface area (Å²) in [6.07, 6.45) is 1.56. The van der Waals surface area contributed by atoms with Gasteiger partial charge in [0.2, 0.25) is 0 Å². The molecule has 0 saturated heterocycles. The van der Waals surface area contributed by atoms with Crippen LogP contribution >= 0.6 is 0 Å². The number of rotatable bonds is 4. The molecule has 17 heavy (non-hydrogen) atoms. The van der Waals surface area contributed by atoms with Gasteiger partial charge in [0.15, 0.2) is 0 Å². The Labute approximate surface area is 101 Å². The number of aryl methyl sites for hydroxylation is 1. The summed E-state index contributed by atoms with van der Waals surface area (Å²) in [7, 11) is 5.95. The first kappa shape index (κ1) is 11.4. The van der Waals surface area contributed by atoms with Gasteiger partial charge in [-0.25, -0.2) is 4.98 Å². The van der Waals surface area contributed by atoms with Crippen molar-refractivity contribution >= 4 is 11.4 Å². The highest BCUT2D eigenvalue weighted by Crippen LogP contribution is 2.15. The van der Waals surface area contributed by atoms with Gasteiger partial charge in [0.25, 0.3) is 0 Å². The summed E-state index contributed by atoms with van der Waals surface area (Å²) in [5.74, 6) is 0.918. The van der Waals surface area contributed by atoms with Crippen molar-refractivity contribution in [1.82, 2.24) is 14.8 Å². The van der Waals surface area contributed by atoms with Crippen molar-refractivity contribution in [3.8, 4) is 0 Å². The quantitative estimate of drug-likeness (QED) is 0.866. The largest absolute Gasteiger partial charge is 0.378 e. The van der Waals surface area contributed by atoms with Crippen molar-refractivity contribution in [2.24, 2.45) is 7.05 Å². The van der Waals surface area contributed by atoms with E-state index in [-0.39, 0.29) is 0 Å². The highest BCUT2D eigenvalue weighted by molar-refractivity contribution is 5.54. The van der Waals surface area contributed by atoms with Crippen LogP contribution in [0.15, 0.2) is 30.6 Å². The average molecular weight is 231 g/mol. The van der Waals surface area contributed by atoms with Gasteiger partial charge in [-0.05, 0) is 24.3 Å². The fraction of sp³-hybridized carbons (Fsp3) is 0.333. The first-order chi connectivity index (χ1) is 8.16. The minimum Gasteiger partial charge on any atom is -0.378 e. The molecule has 0 fully saturated rings. The molecular weight excluding hydrogens is 214 g/mol. The van der Waals surface area contributed by atoms with Crippen LogP contribution in [0.1, 0.15) is 5.82 Å². The van der Waals surface area contributed by atoms with Crippen LogP contribution in [0.3, 0.4) is 0 Å². The van der Waals surface area contributed by atoms with Crippen molar-refractivity contribution < 1.29 is 0 Å². The molecule has 0 unspecified atom stereocenters. The van der Waals surface area contributed by atoms with Gasteiger partial charge in [-0.3, -0.25) is 4.68 Å². The molecular formula is C12H17N5. The van der Waals surface area contributed by atoms with Gasteiger partial charge in [0, 0.05) is 32.5 Å². The number of benzene rings is 1. The van der Waals surface area contributed by atoms with E-state index in [0.717, 1.165) is 11.5 Å². The predicted molar refractivity (Wildman–Crippen MR) is 69.1 cm³/mol. The van der Waals surface area contributed by atoms with Gasteiger partial charge < -0.3 is 10.2 Å². The molecule has 1 N–H and O–H groups in total. The second-order valence-electron chi connectivity index (χ2n) is 4.09. The molecule has 0 amide bonds. The highest BCUT2D eigenvalue weighted by Gasteiger charge is 2.00. The van der Waals surface area contributed by atoms with Gasteiger partial charge in [0.1, 0.15) is 12.2 Å². The zero-order chi connectivity index (χ0) is 12.3. The van der Waals surface area contributed by atoms with Gasteiger partial charge >= 0.3 is 0 Å². The van der Waals surface area contributed by atoms with E-state index >= 15 is 0 Å². The summed E-state index contributed by atoms with van der Waals surface area (Å²) in [5, 5.41) is 7.34. The normalized spacial score (nSPS) is 10.3. The third-order valence-corrected chi connectivity index (χ3v) is 2.64. The molecule has 5 heteroatoms. The molecule has 0 spiro atoms. The van der Waals surface area contributed by atoms with Gasteiger partial charge in [-0.15, -0.1) is 0 Å². The van der Waals surface area contributed by atoms with Crippen LogP contribution in [0.4, 0.5) is 11.4 Å². The minimum atomic E-state index is 0.678. The minimum absolute atomic E-state index is 0.678. The first-order valence-corrected chi connectivity index (χ1v) is 5.51. The number of aromatic nitrogens is 3. The van der Waals surface area contributed by atoms with Crippen LogP contribution in [0, 0.1) is 0 Å². The highest BCUT2D eigenvalue weighted by atomic mass is 15.3. The summed E-state index contributed by atoms with van der Waals surface area (Å²) < 4.78 is 1.77. The predicted octanol–water partition coefficient (Wildman–Crippen LogP) is 1.49. The standard InChI is InChI=1S/C12H17N5/c1-16(2)11-6-4-10(5-7-11)13-8-12-14-9-15-17(12)3/h4-7,9,13H,8H2,1-3H3. The van der Waals surface area contributed by atoms with E-state index < -0.39 is 0 Å². The summed E-state index contributed by atoms with van der Waals surface area (Å²) >= 11 is 0. The van der Waals surface area contributed by atoms with E-state index in [2.05, 4.69) is 44.6 Å². The fourth-order valence-electron chi connectivity index (χ4n) is 1.54. The van der Waals surface area contributed by atoms with E-state index in [1.807, 2.05) is 21.1 Å². The molecule has 0 bridgehead atoms. The maximum Gasteiger partial charge on any atom is 0.145 e. The molecule has 0 aliphatic carbocycles. The van der Waals surface area contributed by atoms with Crippen LogP contribution in [-0.2, 0) is 13.6 Å². The van der Waals surface area contributed by atoms with E-state index in [9.17, 15) is 0 Å². The molecule has 1 heterocycles. The molecule has 0 aliphatic rings. The molecule has 5 nitrogen and oxygen atoms in total. The van der Waals surface area contributed by atoms with E-state index in [4.69, 9.17) is 0 Å². The lowest BCUT2D eigenvalue weighted by atomic mass is 10.2. The summed E-state index contributed by atoms with van der Waals surface area (Å²) in [6.45, 7) is 0.678. The molecule has 0 atom stereocenters. The summed E-state index contributed by atoms with van der Waals surface area (Å²) in [5.41, 5.74) is 2.27. The van der Waals surface area contributed by atoms with Crippen LogP contribution in [0.2, 0.25) is 0 Å². The molecule has 2 rings (SSSR count). The molecule has 1 aromatic carbocycles. The lowest BCUT2D eigenvalue weighted by Gasteiger charge is -2.13. The summed E-state index contributed by atoms with van der Waals surface area (Å²) in [4.78, 5) is 6.23. The SMILES string of the molecule is CN(C)c1ccc(NCc2ncnn2C)cc1. The second-order valence-corrected chi connectivity index (χ2v) is 4.09. The molecule has 2 aromatic rings. The fourth-order valence-corrected chi connectivity index (χ4v) is 1.54. The first-order valence-electron chi connectivity index (χ1n) is 5.51. The zero-order valence-electron chi connectivity index (χ0n) is 10.4. The number of hydrogen-bond acceptors (Lipinski definition) is 4. The van der Waals surface area contributed by atoms with Gasteiger partial charge in [-0.1, -0.05) is 0 Å². The Kier molecular flexibility index (Phi) is 3.27. The van der Waals surface area contributed by atoms with Crippen molar-refractivity contribution in [1.29, 1.82) is 0 Å². The van der Waals surface area contributed by atoms with Crippen molar-refractivity contribution in [2.75, 3.05) is 24.3 Å². The Morgan fingerprint density at radius 1 is 1.24 bits per heavy atom. The zero-order valence-corrected chi connectivity index (χ0v) is 10.4. The Morgan fingerprint density at radius 3 is 2.47 bits per heavy atom. The summed E-state index contributed by atoms with van der Waals surface area (Å²) in [6, 6.07) is 8.29. The Balaban J connectivity index is 1.98. The van der Waals surface area contributed by atoms with Crippen molar-refractivity contribution in [3.63, 3.8) is 0 Å². The van der Waals surface area contributed by atoms with Crippen molar-refractivity contribution in [2.45, 2.75) is 6.54 Å². The third-order valence-electron chi connectivity index (χ3n) is 2.64. The average Bonchev–Trinajstić information content (AvgIpc) is 2.73. The van der Waals surface area contributed by atoms with Crippen LogP contribution in [0.25, 0.3) is 0 Å². The number of nitrogens with zero attached hydrogens (tertiary/aromatic N) is 4. The lowest BCUT2D eigenvalue weighted by molar-refractivity contribution is 0.712. The van der Waals surface area contributed by atoms with Crippen LogP contribution in [-0.4, -0.2) is 28.9 Å². The van der Waals surface area contributed by atoms with Gasteiger partial charge in [-0.2, -0.15) is 5.10 Å². The maximum atomic E-state index is 4.16. The van der Waals surface area contributed by atoms with Gasteiger partial charge in [0.05, 0.1) is 6.54 Å². The Hall–Kier alpha value is -2.04. The monoisotopic (exact) mass is 231 g/mol. The molecule has 0 saturated carbocycles. The van der Waals surface area contributed by atoms with Crippen molar-refractivity contribution in [3.05, 3.63) is 36.4 Å². The maximum absolute atomic E-state index is 4.16. The van der Waals surface area contributed by atoms with E-state index in [0.29, 0.717) is 6.54 Å². The second kappa shape index (κ2) is 4.86. The number of anilines is 2. The third kappa shape index (κ3) is 2.75. The molecule has 90 valence electrons. The van der Waals surface area contributed by atoms with Crippen LogP contribution in [0.5, 0.6) is 0 Å². The number of hydrogen-bond donors (Lipinski definition) is 1. The topological polar surface area (TPSA) is 46.0 Å². The number of nitrogens with one attached hydrogen (secondary N) is 1. The van der Waals surface area contributed by atoms with Crippen LogP contribution < -0.4 is 10.2 Å². The lowest BCUT2D eigenvalue weighted by Crippen LogP contribution is -2.09. The van der Waals surface area contributed by atoms with E-state index in [1.165, 1.54) is 5.69 Å². The molecule has 0 radical (unpaired) electrons. The molecule has 0 aliphatic heterocycles. The Bertz CT molecular complexity index is 472. The molecule has 1 aromatic heterocycles. The smallest absolute Gasteiger partial charge is 0.145 e. The van der Waals surface area contributed by atoms with E-state index in [1.54, 1.807) is 11.0 Å². The Morgan fingerprint density at radius 2 is 1.94 bits per heavy atom.